The first-order valence-electron chi connectivity index (χ1n) is 6.14. The zero-order valence-electron chi connectivity index (χ0n) is 11.2. The van der Waals surface area contributed by atoms with Crippen LogP contribution >= 0.6 is 0 Å². The van der Waals surface area contributed by atoms with Crippen LogP contribution in [0, 0.1) is 22.9 Å². The normalized spacial score (nSPS) is 10.2. The molecular formula is C15H12FNO4. The molecule has 0 amide bonds. The van der Waals surface area contributed by atoms with Gasteiger partial charge in [-0.15, -0.1) is 0 Å². The second-order valence-corrected chi connectivity index (χ2v) is 4.44. The summed E-state index contributed by atoms with van der Waals surface area (Å²) >= 11 is 0. The van der Waals surface area contributed by atoms with Crippen molar-refractivity contribution >= 4 is 11.7 Å². The maximum Gasteiger partial charge on any atom is 0.341 e. The number of rotatable bonds is 4. The number of carbonyl (C=O) groups is 1. The highest BCUT2D eigenvalue weighted by molar-refractivity contribution is 5.90. The highest BCUT2D eigenvalue weighted by Gasteiger charge is 2.20. The van der Waals surface area contributed by atoms with Gasteiger partial charge in [-0.25, -0.2) is 9.18 Å². The molecule has 108 valence electrons. The Morgan fingerprint density at radius 3 is 2.57 bits per heavy atom. The third-order valence-electron chi connectivity index (χ3n) is 2.88. The summed E-state index contributed by atoms with van der Waals surface area (Å²) in [5.41, 5.74) is -0.0116. The van der Waals surface area contributed by atoms with Crippen molar-refractivity contribution in [2.75, 3.05) is 0 Å². The van der Waals surface area contributed by atoms with Crippen LogP contribution < -0.4 is 0 Å². The summed E-state index contributed by atoms with van der Waals surface area (Å²) in [7, 11) is 0. The van der Waals surface area contributed by atoms with Gasteiger partial charge in [0.15, 0.2) is 0 Å². The smallest absolute Gasteiger partial charge is 0.341 e. The van der Waals surface area contributed by atoms with Gasteiger partial charge >= 0.3 is 5.97 Å². The topological polar surface area (TPSA) is 69.4 Å². The van der Waals surface area contributed by atoms with Crippen LogP contribution in [0.15, 0.2) is 42.5 Å². The van der Waals surface area contributed by atoms with Crippen molar-refractivity contribution in [3.8, 4) is 0 Å². The van der Waals surface area contributed by atoms with Gasteiger partial charge in [0, 0.05) is 12.1 Å². The van der Waals surface area contributed by atoms with Gasteiger partial charge in [-0.05, 0) is 18.1 Å². The number of nitrogens with zero attached hydrogens (tertiary/aromatic N) is 1. The molecule has 2 rings (SSSR count). The third kappa shape index (κ3) is 3.42. The van der Waals surface area contributed by atoms with Gasteiger partial charge in [-0.2, -0.15) is 0 Å². The molecule has 0 unspecified atom stereocenters. The highest BCUT2D eigenvalue weighted by Crippen LogP contribution is 2.22. The Balaban J connectivity index is 2.21. The van der Waals surface area contributed by atoms with Crippen molar-refractivity contribution in [2.24, 2.45) is 0 Å². The molecule has 0 radical (unpaired) electrons. The van der Waals surface area contributed by atoms with Crippen molar-refractivity contribution in [3.05, 3.63) is 75.1 Å². The minimum Gasteiger partial charge on any atom is -0.457 e. The summed E-state index contributed by atoms with van der Waals surface area (Å²) in [6, 6.07) is 10.8. The number of nitro groups is 1. The first-order valence-corrected chi connectivity index (χ1v) is 6.14. The molecule has 0 saturated carbocycles. The predicted molar refractivity (Wildman–Crippen MR) is 73.4 cm³/mol. The van der Waals surface area contributed by atoms with E-state index in [1.54, 1.807) is 24.3 Å². The van der Waals surface area contributed by atoms with Crippen LogP contribution in [0.3, 0.4) is 0 Å². The van der Waals surface area contributed by atoms with Crippen molar-refractivity contribution < 1.29 is 18.8 Å². The molecule has 6 heteroatoms. The number of halogens is 1. The molecular weight excluding hydrogens is 277 g/mol. The average Bonchev–Trinajstić information content (AvgIpc) is 2.48. The van der Waals surface area contributed by atoms with E-state index in [4.69, 9.17) is 4.74 Å². The number of esters is 1. The molecule has 2 aromatic rings. The van der Waals surface area contributed by atoms with Crippen molar-refractivity contribution in [3.63, 3.8) is 0 Å². The molecule has 0 aliphatic rings. The lowest BCUT2D eigenvalue weighted by molar-refractivity contribution is -0.385. The maximum atomic E-state index is 13.9. The highest BCUT2D eigenvalue weighted by atomic mass is 19.1. The molecule has 0 aromatic heterocycles. The molecule has 21 heavy (non-hydrogen) atoms. The fourth-order valence-corrected chi connectivity index (χ4v) is 1.81. The van der Waals surface area contributed by atoms with Crippen molar-refractivity contribution in [1.29, 1.82) is 0 Å². The van der Waals surface area contributed by atoms with Crippen LogP contribution in [0.4, 0.5) is 10.1 Å². The number of hydrogen-bond donors (Lipinski definition) is 0. The molecule has 0 spiro atoms. The fourth-order valence-electron chi connectivity index (χ4n) is 1.81. The lowest BCUT2D eigenvalue weighted by atomic mass is 10.1. The van der Waals surface area contributed by atoms with Crippen LogP contribution in [0.5, 0.6) is 0 Å². The molecule has 0 atom stereocenters. The van der Waals surface area contributed by atoms with E-state index in [0.29, 0.717) is 0 Å². The Labute approximate surface area is 120 Å². The number of hydrogen-bond acceptors (Lipinski definition) is 4. The molecule has 2 aromatic carbocycles. The maximum absolute atomic E-state index is 13.9. The van der Waals surface area contributed by atoms with Gasteiger partial charge < -0.3 is 4.74 Å². The first-order chi connectivity index (χ1) is 9.99. The van der Waals surface area contributed by atoms with E-state index >= 15 is 0 Å². The van der Waals surface area contributed by atoms with Gasteiger partial charge in [0.2, 0.25) is 0 Å². The van der Waals surface area contributed by atoms with E-state index in [9.17, 15) is 19.3 Å². The molecule has 0 fully saturated rings. The Bertz CT molecular complexity index is 686. The number of nitro benzene ring substituents is 1. The SMILES string of the molecule is Cc1cc([N+](=O)[O-])cc(C(=O)OCc2ccccc2)c1F. The van der Waals surface area contributed by atoms with Gasteiger partial charge in [0.25, 0.3) is 5.69 Å². The van der Waals surface area contributed by atoms with Gasteiger partial charge in [-0.1, -0.05) is 30.3 Å². The fraction of sp³-hybridized carbons (Fsp3) is 0.133. The average molecular weight is 289 g/mol. The number of ether oxygens (including phenoxy) is 1. The van der Waals surface area contributed by atoms with Crippen LogP contribution in [0.25, 0.3) is 0 Å². The predicted octanol–water partition coefficient (Wildman–Crippen LogP) is 3.40. The Morgan fingerprint density at radius 1 is 1.29 bits per heavy atom. The number of aryl methyl sites for hydroxylation is 1. The van der Waals surface area contributed by atoms with E-state index in [-0.39, 0.29) is 17.9 Å². The molecule has 0 saturated heterocycles. The number of carbonyl (C=O) groups excluding carboxylic acids is 1. The van der Waals surface area contributed by atoms with Crippen molar-refractivity contribution in [1.82, 2.24) is 0 Å². The second kappa shape index (κ2) is 6.13. The number of benzene rings is 2. The minimum absolute atomic E-state index is 0.0239. The van der Waals surface area contributed by atoms with Gasteiger partial charge in [-0.3, -0.25) is 10.1 Å². The Hall–Kier alpha value is -2.76. The summed E-state index contributed by atoms with van der Waals surface area (Å²) < 4.78 is 18.9. The third-order valence-corrected chi connectivity index (χ3v) is 2.88. The quantitative estimate of drug-likeness (QED) is 0.491. The molecule has 0 heterocycles. The molecule has 0 N–H and O–H groups in total. The van der Waals surface area contributed by atoms with Crippen LogP contribution in [0.2, 0.25) is 0 Å². The van der Waals surface area contributed by atoms with Gasteiger partial charge in [0.1, 0.15) is 18.0 Å². The minimum atomic E-state index is -0.928. The number of non-ortho nitro benzene ring substituents is 1. The summed E-state index contributed by atoms with van der Waals surface area (Å²) in [6.07, 6.45) is 0. The van der Waals surface area contributed by atoms with E-state index < -0.39 is 22.3 Å². The summed E-state index contributed by atoms with van der Waals surface area (Å²) in [5, 5.41) is 10.7. The first kappa shape index (κ1) is 14.6. The summed E-state index contributed by atoms with van der Waals surface area (Å²) in [5.74, 6) is -1.73. The molecule has 0 bridgehead atoms. The standard InChI is InChI=1S/C15H12FNO4/c1-10-7-12(17(19)20)8-13(14(10)16)15(18)21-9-11-5-3-2-4-6-11/h2-8H,9H2,1H3. The van der Waals surface area contributed by atoms with E-state index in [1.807, 2.05) is 6.07 Å². The lowest BCUT2D eigenvalue weighted by Gasteiger charge is -2.07. The monoisotopic (exact) mass is 289 g/mol. The Morgan fingerprint density at radius 2 is 1.95 bits per heavy atom. The van der Waals surface area contributed by atoms with Gasteiger partial charge in [0.05, 0.1) is 4.92 Å². The molecule has 5 nitrogen and oxygen atoms in total. The Kier molecular flexibility index (Phi) is 4.27. The van der Waals surface area contributed by atoms with Crippen LogP contribution in [-0.4, -0.2) is 10.9 Å². The molecule has 0 aliphatic carbocycles. The van der Waals surface area contributed by atoms with E-state index in [2.05, 4.69) is 0 Å². The lowest BCUT2D eigenvalue weighted by Crippen LogP contribution is -2.09. The summed E-state index contributed by atoms with van der Waals surface area (Å²) in [6.45, 7) is 1.33. The van der Waals surface area contributed by atoms with Crippen molar-refractivity contribution in [2.45, 2.75) is 13.5 Å². The zero-order chi connectivity index (χ0) is 15.4. The second-order valence-electron chi connectivity index (χ2n) is 4.44. The van der Waals surface area contributed by atoms with E-state index in [1.165, 1.54) is 6.92 Å². The molecule has 0 aliphatic heterocycles. The van der Waals surface area contributed by atoms with E-state index in [0.717, 1.165) is 17.7 Å². The van der Waals surface area contributed by atoms with Crippen LogP contribution in [0.1, 0.15) is 21.5 Å². The largest absolute Gasteiger partial charge is 0.457 e. The zero-order valence-corrected chi connectivity index (χ0v) is 11.2. The summed E-state index contributed by atoms with van der Waals surface area (Å²) in [4.78, 5) is 22.0. The van der Waals surface area contributed by atoms with Crippen LogP contribution in [-0.2, 0) is 11.3 Å².